The smallest absolute Gasteiger partial charge is 0.196 e. The Morgan fingerprint density at radius 2 is 2.50 bits per heavy atom. The van der Waals surface area contributed by atoms with Crippen LogP contribution >= 0.6 is 11.3 Å². The first-order valence-corrected chi connectivity index (χ1v) is 5.23. The van der Waals surface area contributed by atoms with Crippen LogP contribution in [0.15, 0.2) is 17.1 Å². The molecule has 2 rings (SSSR count). The van der Waals surface area contributed by atoms with Crippen molar-refractivity contribution in [2.75, 3.05) is 18.4 Å². The number of hydrogen-bond acceptors (Lipinski definition) is 5. The van der Waals surface area contributed by atoms with Crippen LogP contribution in [0, 0.1) is 0 Å². The highest BCUT2D eigenvalue weighted by Crippen LogP contribution is 2.22. The zero-order valence-electron chi connectivity index (χ0n) is 7.83. The Kier molecular flexibility index (Phi) is 2.49. The van der Waals surface area contributed by atoms with Gasteiger partial charge in [-0.1, -0.05) is 0 Å². The van der Waals surface area contributed by atoms with Crippen molar-refractivity contribution in [3.05, 3.63) is 17.0 Å². The Balaban J connectivity index is 2.06. The average molecular weight is 209 g/mol. The van der Waals surface area contributed by atoms with Gasteiger partial charge in [0.25, 0.3) is 0 Å². The highest BCUT2D eigenvalue weighted by atomic mass is 32.1. The van der Waals surface area contributed by atoms with Crippen molar-refractivity contribution in [1.82, 2.24) is 5.32 Å². The first kappa shape index (κ1) is 9.21. The minimum absolute atomic E-state index is 0.101. The summed E-state index contributed by atoms with van der Waals surface area (Å²) in [6.07, 6.45) is 0. The summed E-state index contributed by atoms with van der Waals surface area (Å²) in [5, 5.41) is 7.17. The molecule has 2 heterocycles. The molecule has 0 saturated carbocycles. The van der Waals surface area contributed by atoms with Crippen molar-refractivity contribution in [2.24, 2.45) is 4.99 Å². The molecule has 1 aliphatic heterocycles. The van der Waals surface area contributed by atoms with E-state index in [1.54, 1.807) is 6.92 Å². The van der Waals surface area contributed by atoms with Gasteiger partial charge in [0.2, 0.25) is 0 Å². The zero-order valence-corrected chi connectivity index (χ0v) is 8.65. The first-order chi connectivity index (χ1) is 6.75. The number of nitrogens with one attached hydrogen (secondary N) is 2. The second-order valence-electron chi connectivity index (χ2n) is 3.00. The molecule has 0 aromatic carbocycles. The van der Waals surface area contributed by atoms with Crippen LogP contribution in [0.25, 0.3) is 0 Å². The van der Waals surface area contributed by atoms with Crippen molar-refractivity contribution in [3.63, 3.8) is 0 Å². The van der Waals surface area contributed by atoms with Gasteiger partial charge in [-0.2, -0.15) is 0 Å². The van der Waals surface area contributed by atoms with E-state index in [2.05, 4.69) is 15.6 Å². The van der Waals surface area contributed by atoms with Gasteiger partial charge in [-0.25, -0.2) is 0 Å². The summed E-state index contributed by atoms with van der Waals surface area (Å²) in [4.78, 5) is 16.0. The normalized spacial score (nSPS) is 14.8. The van der Waals surface area contributed by atoms with E-state index in [0.29, 0.717) is 0 Å². The molecule has 0 unspecified atom stereocenters. The highest BCUT2D eigenvalue weighted by molar-refractivity contribution is 7.18. The number of Topliss-reactive ketones (excluding diaryl/α,β-unsaturated/α-hetero) is 1. The summed E-state index contributed by atoms with van der Waals surface area (Å²) in [6, 6.07) is 3.72. The maximum absolute atomic E-state index is 11.0. The van der Waals surface area contributed by atoms with E-state index in [0.717, 1.165) is 28.9 Å². The van der Waals surface area contributed by atoms with E-state index in [9.17, 15) is 4.79 Å². The van der Waals surface area contributed by atoms with Gasteiger partial charge in [-0.15, -0.1) is 11.3 Å². The Morgan fingerprint density at radius 1 is 1.64 bits per heavy atom. The highest BCUT2D eigenvalue weighted by Gasteiger charge is 2.08. The minimum Gasteiger partial charge on any atom is -0.354 e. The lowest BCUT2D eigenvalue weighted by molar-refractivity contribution is 0.102. The molecule has 4 nitrogen and oxygen atoms in total. The van der Waals surface area contributed by atoms with Crippen molar-refractivity contribution < 1.29 is 4.79 Å². The van der Waals surface area contributed by atoms with Gasteiger partial charge in [0.1, 0.15) is 0 Å². The Bertz CT molecular complexity index is 383. The Labute approximate surface area is 86.0 Å². The third-order valence-corrected chi connectivity index (χ3v) is 2.97. The predicted molar refractivity (Wildman–Crippen MR) is 58.3 cm³/mol. The lowest BCUT2D eigenvalue weighted by Crippen LogP contribution is -2.25. The number of carbonyl (C=O) groups excluding carboxylic acids is 1. The number of ketones is 1. The largest absolute Gasteiger partial charge is 0.354 e. The molecule has 0 fully saturated rings. The number of rotatable bonds is 2. The van der Waals surface area contributed by atoms with Crippen LogP contribution in [0.5, 0.6) is 0 Å². The molecular formula is C9H11N3OS. The van der Waals surface area contributed by atoms with E-state index in [4.69, 9.17) is 0 Å². The van der Waals surface area contributed by atoms with Crippen molar-refractivity contribution in [3.8, 4) is 0 Å². The van der Waals surface area contributed by atoms with Gasteiger partial charge in [0.05, 0.1) is 16.4 Å². The fraction of sp³-hybridized carbons (Fsp3) is 0.333. The van der Waals surface area contributed by atoms with Crippen LogP contribution in [-0.4, -0.2) is 24.8 Å². The molecule has 1 aromatic heterocycles. The van der Waals surface area contributed by atoms with Crippen molar-refractivity contribution >= 4 is 28.1 Å². The zero-order chi connectivity index (χ0) is 9.97. The molecule has 0 radical (unpaired) electrons. The summed E-state index contributed by atoms with van der Waals surface area (Å²) in [7, 11) is 0. The Hall–Kier alpha value is -1.36. The minimum atomic E-state index is 0.101. The fourth-order valence-corrected chi connectivity index (χ4v) is 1.99. The molecule has 2 N–H and O–H groups in total. The lowest BCUT2D eigenvalue weighted by atomic mass is 10.4. The Morgan fingerprint density at radius 3 is 3.07 bits per heavy atom. The number of carbonyl (C=O) groups is 1. The molecule has 0 atom stereocenters. The standard InChI is InChI=1S/C9H11N3OS/c1-6(13)7-2-3-8(14-7)12-9-10-4-5-11-9/h2-3H,4-5H2,1H3,(H2,10,11,12). The van der Waals surface area contributed by atoms with Crippen LogP contribution in [0.3, 0.4) is 0 Å². The maximum atomic E-state index is 11.0. The molecule has 1 aliphatic rings. The number of aliphatic imine (C=N–C) groups is 1. The van der Waals surface area contributed by atoms with Gasteiger partial charge in [-0.3, -0.25) is 9.79 Å². The third-order valence-electron chi connectivity index (χ3n) is 1.87. The summed E-state index contributed by atoms with van der Waals surface area (Å²) in [5.41, 5.74) is 0. The molecule has 5 heteroatoms. The number of anilines is 1. The molecule has 0 spiro atoms. The number of nitrogens with zero attached hydrogens (tertiary/aromatic N) is 1. The van der Waals surface area contributed by atoms with Gasteiger partial charge < -0.3 is 10.6 Å². The van der Waals surface area contributed by atoms with Crippen molar-refractivity contribution in [1.29, 1.82) is 0 Å². The number of guanidine groups is 1. The maximum Gasteiger partial charge on any atom is 0.196 e. The first-order valence-electron chi connectivity index (χ1n) is 4.42. The molecule has 14 heavy (non-hydrogen) atoms. The lowest BCUT2D eigenvalue weighted by Gasteiger charge is -2.01. The van der Waals surface area contributed by atoms with E-state index in [1.165, 1.54) is 11.3 Å². The summed E-state index contributed by atoms with van der Waals surface area (Å²) >= 11 is 1.45. The molecule has 0 saturated heterocycles. The van der Waals surface area contributed by atoms with Gasteiger partial charge in [0.15, 0.2) is 11.7 Å². The summed E-state index contributed by atoms with van der Waals surface area (Å²) < 4.78 is 0. The van der Waals surface area contributed by atoms with Crippen LogP contribution in [0.2, 0.25) is 0 Å². The average Bonchev–Trinajstić information content (AvgIpc) is 2.75. The monoisotopic (exact) mass is 209 g/mol. The quantitative estimate of drug-likeness (QED) is 0.722. The van der Waals surface area contributed by atoms with Crippen LogP contribution in [0.4, 0.5) is 5.00 Å². The van der Waals surface area contributed by atoms with E-state index >= 15 is 0 Å². The summed E-state index contributed by atoms with van der Waals surface area (Å²) in [5.74, 6) is 0.895. The van der Waals surface area contributed by atoms with Crippen LogP contribution < -0.4 is 10.6 Å². The topological polar surface area (TPSA) is 53.5 Å². The van der Waals surface area contributed by atoms with Crippen LogP contribution in [0.1, 0.15) is 16.6 Å². The predicted octanol–water partition coefficient (Wildman–Crippen LogP) is 1.32. The third kappa shape index (κ3) is 1.93. The molecule has 0 amide bonds. The summed E-state index contributed by atoms with van der Waals surface area (Å²) in [6.45, 7) is 3.27. The SMILES string of the molecule is CC(=O)c1ccc(NC2=NCCN2)s1. The van der Waals surface area contributed by atoms with Gasteiger partial charge in [-0.05, 0) is 19.1 Å². The van der Waals surface area contributed by atoms with Gasteiger partial charge in [0, 0.05) is 6.54 Å². The molecule has 0 aliphatic carbocycles. The molecular weight excluding hydrogens is 198 g/mol. The second kappa shape index (κ2) is 3.79. The number of thiophene rings is 1. The molecule has 0 bridgehead atoms. The van der Waals surface area contributed by atoms with Gasteiger partial charge >= 0.3 is 0 Å². The molecule has 74 valence electrons. The van der Waals surface area contributed by atoms with E-state index in [1.807, 2.05) is 12.1 Å². The second-order valence-corrected chi connectivity index (χ2v) is 4.09. The molecule has 1 aromatic rings. The van der Waals surface area contributed by atoms with E-state index < -0.39 is 0 Å². The van der Waals surface area contributed by atoms with Crippen LogP contribution in [-0.2, 0) is 0 Å². The van der Waals surface area contributed by atoms with E-state index in [-0.39, 0.29) is 5.78 Å². The van der Waals surface area contributed by atoms with Crippen molar-refractivity contribution in [2.45, 2.75) is 6.92 Å². The fourth-order valence-electron chi connectivity index (χ4n) is 1.19. The number of hydrogen-bond donors (Lipinski definition) is 2.